The number of rotatable bonds is 7. The summed E-state index contributed by atoms with van der Waals surface area (Å²) < 4.78 is 0. The molecule has 1 fully saturated rings. The van der Waals surface area contributed by atoms with Crippen LogP contribution in [0.2, 0.25) is 0 Å². The minimum absolute atomic E-state index is 0.0348. The molecular weight excluding hydrogens is 322 g/mol. The molecule has 2 amide bonds. The van der Waals surface area contributed by atoms with Crippen LogP contribution in [0.15, 0.2) is 24.3 Å². The lowest BCUT2D eigenvalue weighted by atomic mass is 9.96. The van der Waals surface area contributed by atoms with Crippen molar-refractivity contribution in [2.45, 2.75) is 31.4 Å². The molecule has 0 radical (unpaired) electrons. The van der Waals surface area contributed by atoms with Gasteiger partial charge in [-0.1, -0.05) is 12.1 Å². The predicted octanol–water partition coefficient (Wildman–Crippen LogP) is 2.12. The molecule has 3 N–H and O–H groups in total. The zero-order chi connectivity index (χ0) is 17.5. The minimum Gasteiger partial charge on any atom is -0.369 e. The molecular formula is C18H27N3O2S. The molecule has 0 bridgehead atoms. The predicted molar refractivity (Wildman–Crippen MR) is 100 cm³/mol. The van der Waals surface area contributed by atoms with Crippen LogP contribution in [0.25, 0.3) is 0 Å². The number of hydrogen-bond acceptors (Lipinski definition) is 4. The Kier molecular flexibility index (Phi) is 7.12. The molecule has 0 spiro atoms. The maximum absolute atomic E-state index is 11.9. The number of primary amides is 1. The van der Waals surface area contributed by atoms with Crippen LogP contribution in [0, 0.1) is 5.92 Å². The molecule has 1 saturated heterocycles. The molecule has 2 rings (SSSR count). The Balaban J connectivity index is 1.76. The van der Waals surface area contributed by atoms with E-state index in [1.807, 2.05) is 25.3 Å². The first-order chi connectivity index (χ1) is 11.5. The van der Waals surface area contributed by atoms with E-state index in [0.717, 1.165) is 44.6 Å². The van der Waals surface area contributed by atoms with Crippen molar-refractivity contribution in [2.24, 2.45) is 11.7 Å². The van der Waals surface area contributed by atoms with Crippen LogP contribution in [-0.4, -0.2) is 47.9 Å². The zero-order valence-electron chi connectivity index (χ0n) is 14.5. The third kappa shape index (κ3) is 5.53. The van der Waals surface area contributed by atoms with Gasteiger partial charge >= 0.3 is 0 Å². The van der Waals surface area contributed by atoms with E-state index in [1.54, 1.807) is 0 Å². The Labute approximate surface area is 148 Å². The SMILES string of the molecule is CSC(C)C(=O)Nc1ccc(CCN2CCC(C(N)=O)CC2)cc1. The van der Waals surface area contributed by atoms with E-state index in [9.17, 15) is 9.59 Å². The quantitative estimate of drug-likeness (QED) is 0.791. The number of amides is 2. The van der Waals surface area contributed by atoms with Gasteiger partial charge in [0, 0.05) is 18.2 Å². The molecule has 1 aliphatic heterocycles. The van der Waals surface area contributed by atoms with Crippen molar-refractivity contribution in [3.8, 4) is 0 Å². The van der Waals surface area contributed by atoms with Gasteiger partial charge < -0.3 is 16.0 Å². The summed E-state index contributed by atoms with van der Waals surface area (Å²) in [6.45, 7) is 4.76. The van der Waals surface area contributed by atoms with E-state index >= 15 is 0 Å². The maximum Gasteiger partial charge on any atom is 0.237 e. The Bertz CT molecular complexity index is 554. The Morgan fingerprint density at radius 3 is 2.46 bits per heavy atom. The molecule has 5 nitrogen and oxygen atoms in total. The summed E-state index contributed by atoms with van der Waals surface area (Å²) in [6, 6.07) is 8.05. The van der Waals surface area contributed by atoms with Crippen LogP contribution in [-0.2, 0) is 16.0 Å². The third-order valence-electron chi connectivity index (χ3n) is 4.65. The number of piperidine rings is 1. The van der Waals surface area contributed by atoms with Gasteiger partial charge in [0.2, 0.25) is 11.8 Å². The fraction of sp³-hybridized carbons (Fsp3) is 0.556. The summed E-state index contributed by atoms with van der Waals surface area (Å²) in [5.74, 6) is -0.0801. The van der Waals surface area contributed by atoms with E-state index in [-0.39, 0.29) is 23.0 Å². The molecule has 1 heterocycles. The number of thioether (sulfide) groups is 1. The minimum atomic E-state index is -0.164. The Morgan fingerprint density at radius 1 is 1.29 bits per heavy atom. The summed E-state index contributed by atoms with van der Waals surface area (Å²) in [7, 11) is 0. The summed E-state index contributed by atoms with van der Waals surface area (Å²) in [6.07, 6.45) is 4.64. The molecule has 0 saturated carbocycles. The monoisotopic (exact) mass is 349 g/mol. The fourth-order valence-electron chi connectivity index (χ4n) is 2.83. The molecule has 24 heavy (non-hydrogen) atoms. The lowest BCUT2D eigenvalue weighted by Gasteiger charge is -2.30. The van der Waals surface area contributed by atoms with Gasteiger partial charge in [-0.3, -0.25) is 9.59 Å². The highest BCUT2D eigenvalue weighted by Crippen LogP contribution is 2.18. The number of carbonyl (C=O) groups is 2. The van der Waals surface area contributed by atoms with Gasteiger partial charge in [0.05, 0.1) is 5.25 Å². The number of benzene rings is 1. The number of carbonyl (C=O) groups excluding carboxylic acids is 2. The average Bonchev–Trinajstić information content (AvgIpc) is 2.60. The molecule has 1 aromatic rings. The van der Waals surface area contributed by atoms with Crippen LogP contribution in [0.3, 0.4) is 0 Å². The molecule has 1 unspecified atom stereocenters. The van der Waals surface area contributed by atoms with E-state index in [1.165, 1.54) is 17.3 Å². The number of likely N-dealkylation sites (tertiary alicyclic amines) is 1. The molecule has 6 heteroatoms. The second-order valence-corrected chi connectivity index (χ2v) is 7.51. The number of nitrogens with zero attached hydrogens (tertiary/aromatic N) is 1. The van der Waals surface area contributed by atoms with Crippen LogP contribution in [0.1, 0.15) is 25.3 Å². The van der Waals surface area contributed by atoms with Gasteiger partial charge in [-0.2, -0.15) is 11.8 Å². The largest absolute Gasteiger partial charge is 0.369 e. The van der Waals surface area contributed by atoms with Gasteiger partial charge in [-0.25, -0.2) is 0 Å². The number of anilines is 1. The van der Waals surface area contributed by atoms with Gasteiger partial charge in [-0.15, -0.1) is 0 Å². The highest BCUT2D eigenvalue weighted by Gasteiger charge is 2.22. The van der Waals surface area contributed by atoms with Crippen molar-refractivity contribution in [3.63, 3.8) is 0 Å². The third-order valence-corrected chi connectivity index (χ3v) is 5.57. The van der Waals surface area contributed by atoms with Gasteiger partial charge in [0.25, 0.3) is 0 Å². The first-order valence-electron chi connectivity index (χ1n) is 8.44. The maximum atomic E-state index is 11.9. The normalized spacial score (nSPS) is 17.4. The summed E-state index contributed by atoms with van der Waals surface area (Å²) in [5, 5.41) is 2.88. The first kappa shape index (κ1) is 18.8. The van der Waals surface area contributed by atoms with Crippen molar-refractivity contribution in [3.05, 3.63) is 29.8 Å². The molecule has 1 aromatic carbocycles. The summed E-state index contributed by atoms with van der Waals surface area (Å²) in [5.41, 5.74) is 7.46. The number of nitrogens with one attached hydrogen (secondary N) is 1. The van der Waals surface area contributed by atoms with Crippen LogP contribution in [0.5, 0.6) is 0 Å². The molecule has 0 aromatic heterocycles. The Hall–Kier alpha value is -1.53. The number of hydrogen-bond donors (Lipinski definition) is 2. The lowest BCUT2D eigenvalue weighted by molar-refractivity contribution is -0.123. The van der Waals surface area contributed by atoms with Crippen LogP contribution in [0.4, 0.5) is 5.69 Å². The van der Waals surface area contributed by atoms with Gasteiger partial charge in [-0.05, 0) is 63.2 Å². The topological polar surface area (TPSA) is 75.4 Å². The standard InChI is InChI=1S/C18H27N3O2S/c1-13(24-2)18(23)20-16-5-3-14(4-6-16)7-10-21-11-8-15(9-12-21)17(19)22/h3-6,13,15H,7-12H2,1-2H3,(H2,19,22)(H,20,23). The highest BCUT2D eigenvalue weighted by molar-refractivity contribution is 7.99. The van der Waals surface area contributed by atoms with Crippen molar-refractivity contribution in [1.82, 2.24) is 4.90 Å². The van der Waals surface area contributed by atoms with Crippen LogP contribution < -0.4 is 11.1 Å². The van der Waals surface area contributed by atoms with E-state index in [0.29, 0.717) is 0 Å². The second kappa shape index (κ2) is 9.08. The van der Waals surface area contributed by atoms with Crippen molar-refractivity contribution in [1.29, 1.82) is 0 Å². The van der Waals surface area contributed by atoms with Crippen molar-refractivity contribution < 1.29 is 9.59 Å². The van der Waals surface area contributed by atoms with Crippen molar-refractivity contribution >= 4 is 29.3 Å². The Morgan fingerprint density at radius 2 is 1.92 bits per heavy atom. The fourth-order valence-corrected chi connectivity index (χ4v) is 3.11. The number of nitrogens with two attached hydrogens (primary N) is 1. The lowest BCUT2D eigenvalue weighted by Crippen LogP contribution is -2.39. The molecule has 0 aliphatic carbocycles. The van der Waals surface area contributed by atoms with E-state index in [4.69, 9.17) is 5.73 Å². The highest BCUT2D eigenvalue weighted by atomic mass is 32.2. The summed E-state index contributed by atoms with van der Waals surface area (Å²) >= 11 is 1.53. The average molecular weight is 350 g/mol. The molecule has 1 atom stereocenters. The zero-order valence-corrected chi connectivity index (χ0v) is 15.3. The molecule has 132 valence electrons. The second-order valence-electron chi connectivity index (χ2n) is 6.33. The van der Waals surface area contributed by atoms with Crippen molar-refractivity contribution in [2.75, 3.05) is 31.2 Å². The van der Waals surface area contributed by atoms with Crippen LogP contribution >= 0.6 is 11.8 Å². The molecule has 1 aliphatic rings. The first-order valence-corrected chi connectivity index (χ1v) is 9.72. The summed E-state index contributed by atoms with van der Waals surface area (Å²) in [4.78, 5) is 25.4. The van der Waals surface area contributed by atoms with Gasteiger partial charge in [0.1, 0.15) is 0 Å². The van der Waals surface area contributed by atoms with E-state index in [2.05, 4.69) is 22.3 Å². The van der Waals surface area contributed by atoms with E-state index < -0.39 is 0 Å². The van der Waals surface area contributed by atoms with Gasteiger partial charge in [0.15, 0.2) is 0 Å². The smallest absolute Gasteiger partial charge is 0.237 e.